The van der Waals surface area contributed by atoms with Crippen molar-refractivity contribution >= 4 is 35.1 Å². The Labute approximate surface area is 150 Å². The number of guanidine groups is 1. The Morgan fingerprint density at radius 2 is 2.24 bits per heavy atom. The van der Waals surface area contributed by atoms with E-state index in [1.54, 1.807) is 18.2 Å². The van der Waals surface area contributed by atoms with E-state index in [0.717, 1.165) is 0 Å². The summed E-state index contributed by atoms with van der Waals surface area (Å²) in [6.45, 7) is 2.51. The zero-order valence-electron chi connectivity index (χ0n) is 13.8. The maximum Gasteiger partial charge on any atom is 0.252 e. The number of aliphatic imine (C=N–C) groups is 1. The van der Waals surface area contributed by atoms with Crippen molar-refractivity contribution in [2.24, 2.45) is 4.99 Å². The van der Waals surface area contributed by atoms with Gasteiger partial charge in [-0.1, -0.05) is 11.6 Å². The second-order valence-electron chi connectivity index (χ2n) is 5.65. The summed E-state index contributed by atoms with van der Waals surface area (Å²) in [5.74, 6) is 0.375. The molecule has 0 spiro atoms. The molecule has 1 atom stereocenters. The van der Waals surface area contributed by atoms with Crippen LogP contribution < -0.4 is 15.4 Å². The van der Waals surface area contributed by atoms with Crippen LogP contribution in [0.3, 0.4) is 0 Å². The zero-order chi connectivity index (χ0) is 17.8. The van der Waals surface area contributed by atoms with Crippen molar-refractivity contribution in [3.05, 3.63) is 23.2 Å². The van der Waals surface area contributed by atoms with Gasteiger partial charge in [0.2, 0.25) is 11.9 Å². The van der Waals surface area contributed by atoms with Gasteiger partial charge in [0, 0.05) is 18.1 Å². The Morgan fingerprint density at radius 3 is 2.96 bits per heavy atom. The molecule has 1 saturated heterocycles. The van der Waals surface area contributed by atoms with E-state index in [9.17, 15) is 9.59 Å². The number of nitrogens with zero attached hydrogens (tertiary/aromatic N) is 2. The van der Waals surface area contributed by atoms with Crippen LogP contribution in [0.4, 0.5) is 5.69 Å². The van der Waals surface area contributed by atoms with E-state index in [1.807, 2.05) is 4.90 Å². The van der Waals surface area contributed by atoms with Crippen molar-refractivity contribution < 1.29 is 19.1 Å². The molecule has 134 valence electrons. The minimum absolute atomic E-state index is 0.0602. The van der Waals surface area contributed by atoms with Gasteiger partial charge in [0.1, 0.15) is 11.8 Å². The first kappa shape index (κ1) is 17.5. The van der Waals surface area contributed by atoms with Crippen LogP contribution >= 0.6 is 11.6 Å². The Morgan fingerprint density at radius 1 is 1.48 bits per heavy atom. The third-order valence-corrected chi connectivity index (χ3v) is 4.18. The summed E-state index contributed by atoms with van der Waals surface area (Å²) in [5.41, 5.74) is 0.454. The smallest absolute Gasteiger partial charge is 0.252 e. The highest BCUT2D eigenvalue weighted by molar-refractivity contribution is 6.31. The van der Waals surface area contributed by atoms with Gasteiger partial charge in [0.15, 0.2) is 0 Å². The highest BCUT2D eigenvalue weighted by Crippen LogP contribution is 2.28. The first-order valence-electron chi connectivity index (χ1n) is 7.91. The van der Waals surface area contributed by atoms with E-state index >= 15 is 0 Å². The summed E-state index contributed by atoms with van der Waals surface area (Å²) in [7, 11) is 1.50. The van der Waals surface area contributed by atoms with Gasteiger partial charge in [-0.25, -0.2) is 4.99 Å². The van der Waals surface area contributed by atoms with Gasteiger partial charge in [0.25, 0.3) is 5.91 Å². The molecular formula is C16H19ClN4O4. The predicted octanol–water partition coefficient (Wildman–Crippen LogP) is 0.864. The molecule has 0 saturated carbocycles. The number of benzene rings is 1. The van der Waals surface area contributed by atoms with E-state index in [-0.39, 0.29) is 18.2 Å². The maximum absolute atomic E-state index is 12.3. The molecule has 1 aromatic rings. The van der Waals surface area contributed by atoms with Crippen LogP contribution in [0.25, 0.3) is 0 Å². The number of hydrogen-bond donors (Lipinski definition) is 2. The van der Waals surface area contributed by atoms with Crippen LogP contribution in [-0.2, 0) is 14.3 Å². The van der Waals surface area contributed by atoms with Crippen molar-refractivity contribution in [2.45, 2.75) is 12.5 Å². The lowest BCUT2D eigenvalue weighted by Gasteiger charge is -2.27. The van der Waals surface area contributed by atoms with Gasteiger partial charge in [0.05, 0.1) is 32.4 Å². The molecular weight excluding hydrogens is 348 g/mol. The average Bonchev–Trinajstić information content (AvgIpc) is 2.96. The lowest BCUT2D eigenvalue weighted by molar-refractivity contribution is -0.124. The number of carbonyl (C=O) groups excluding carboxylic acids is 2. The molecule has 2 aliphatic heterocycles. The Balaban J connectivity index is 1.63. The number of hydrogen-bond acceptors (Lipinski definition) is 6. The lowest BCUT2D eigenvalue weighted by atomic mass is 10.2. The number of methoxy groups -OCH3 is 1. The van der Waals surface area contributed by atoms with Crippen molar-refractivity contribution in [1.29, 1.82) is 0 Å². The number of amides is 2. The molecule has 0 radical (unpaired) electrons. The number of nitrogens with one attached hydrogen (secondary N) is 2. The quantitative estimate of drug-likeness (QED) is 0.824. The Bertz CT molecular complexity index is 703. The molecule has 2 heterocycles. The van der Waals surface area contributed by atoms with Gasteiger partial charge in [-0.05, 0) is 18.2 Å². The second-order valence-corrected chi connectivity index (χ2v) is 6.09. The van der Waals surface area contributed by atoms with E-state index in [2.05, 4.69) is 15.6 Å². The van der Waals surface area contributed by atoms with Crippen molar-refractivity contribution in [3.63, 3.8) is 0 Å². The molecule has 0 bridgehead atoms. The monoisotopic (exact) mass is 366 g/mol. The second kappa shape index (κ2) is 7.71. The predicted molar refractivity (Wildman–Crippen MR) is 93.0 cm³/mol. The van der Waals surface area contributed by atoms with Crippen LogP contribution in [0.5, 0.6) is 5.75 Å². The molecule has 8 nitrogen and oxygen atoms in total. The summed E-state index contributed by atoms with van der Waals surface area (Å²) in [5, 5.41) is 5.92. The molecule has 9 heteroatoms. The van der Waals surface area contributed by atoms with E-state index in [4.69, 9.17) is 21.1 Å². The van der Waals surface area contributed by atoms with Crippen LogP contribution in [0, 0.1) is 0 Å². The number of carbonyl (C=O) groups is 2. The summed E-state index contributed by atoms with van der Waals surface area (Å²) in [4.78, 5) is 30.7. The van der Waals surface area contributed by atoms with Gasteiger partial charge >= 0.3 is 0 Å². The number of morpholine rings is 1. The molecule has 3 rings (SSSR count). The fourth-order valence-electron chi connectivity index (χ4n) is 2.66. The highest BCUT2D eigenvalue weighted by Gasteiger charge is 2.31. The summed E-state index contributed by atoms with van der Waals surface area (Å²) in [6, 6.07) is 4.17. The Hall–Kier alpha value is -2.32. The minimum Gasteiger partial charge on any atom is -0.495 e. The normalized spacial score (nSPS) is 20.1. The number of ether oxygens (including phenoxy) is 2. The third kappa shape index (κ3) is 4.21. The first-order chi connectivity index (χ1) is 12.1. The van der Waals surface area contributed by atoms with Gasteiger partial charge < -0.3 is 19.7 Å². The van der Waals surface area contributed by atoms with Crippen LogP contribution in [0.2, 0.25) is 5.02 Å². The SMILES string of the molecule is COc1ccc(Cl)cc1NC(=O)C[C@@H]1N=C(N2CCOCC2)NC1=O. The van der Waals surface area contributed by atoms with Gasteiger partial charge in [-0.2, -0.15) is 0 Å². The van der Waals surface area contributed by atoms with Crippen molar-refractivity contribution in [2.75, 3.05) is 38.7 Å². The molecule has 0 unspecified atom stereocenters. The zero-order valence-corrected chi connectivity index (χ0v) is 14.5. The Kier molecular flexibility index (Phi) is 5.40. The molecule has 25 heavy (non-hydrogen) atoms. The maximum atomic E-state index is 12.3. The van der Waals surface area contributed by atoms with Gasteiger partial charge in [-0.3, -0.25) is 14.9 Å². The highest BCUT2D eigenvalue weighted by atomic mass is 35.5. The third-order valence-electron chi connectivity index (χ3n) is 3.94. The van der Waals surface area contributed by atoms with Crippen LogP contribution in [-0.4, -0.2) is 62.1 Å². The summed E-state index contributed by atoms with van der Waals surface area (Å²) >= 11 is 5.95. The standard InChI is InChI=1S/C16H19ClN4O4/c1-24-13-3-2-10(17)8-11(13)18-14(22)9-12-15(23)20-16(19-12)21-4-6-25-7-5-21/h2-3,8,12H,4-7,9H2,1H3,(H,18,22)(H,19,20,23)/t12-/m0/s1. The molecule has 1 fully saturated rings. The first-order valence-corrected chi connectivity index (χ1v) is 8.29. The van der Waals surface area contributed by atoms with E-state index in [1.165, 1.54) is 7.11 Å². The molecule has 0 aromatic heterocycles. The summed E-state index contributed by atoms with van der Waals surface area (Å²) < 4.78 is 10.5. The molecule has 2 aliphatic rings. The molecule has 2 N–H and O–H groups in total. The lowest BCUT2D eigenvalue weighted by Crippen LogP contribution is -2.46. The average molecular weight is 367 g/mol. The number of rotatable bonds is 4. The summed E-state index contributed by atoms with van der Waals surface area (Å²) in [6.07, 6.45) is -0.0602. The van der Waals surface area contributed by atoms with E-state index in [0.29, 0.717) is 48.7 Å². The largest absolute Gasteiger partial charge is 0.495 e. The molecule has 2 amide bonds. The topological polar surface area (TPSA) is 92.3 Å². The number of anilines is 1. The fourth-order valence-corrected chi connectivity index (χ4v) is 2.83. The van der Waals surface area contributed by atoms with Crippen LogP contribution in [0.1, 0.15) is 6.42 Å². The minimum atomic E-state index is -0.747. The molecule has 1 aromatic carbocycles. The molecule has 0 aliphatic carbocycles. The van der Waals surface area contributed by atoms with Crippen molar-refractivity contribution in [3.8, 4) is 5.75 Å². The van der Waals surface area contributed by atoms with E-state index < -0.39 is 6.04 Å². The van der Waals surface area contributed by atoms with Crippen molar-refractivity contribution in [1.82, 2.24) is 10.2 Å². The van der Waals surface area contributed by atoms with Gasteiger partial charge in [-0.15, -0.1) is 0 Å². The fraction of sp³-hybridized carbons (Fsp3) is 0.438. The van der Waals surface area contributed by atoms with Crippen LogP contribution in [0.15, 0.2) is 23.2 Å². The number of halogens is 1.